The van der Waals surface area contributed by atoms with E-state index in [0.717, 1.165) is 11.6 Å². The van der Waals surface area contributed by atoms with Crippen LogP contribution in [0.5, 0.6) is 0 Å². The standard InChI is InChI=1S/2C12H11N2.3ClH.V/c2*1-2-6-11(7-3-1)10-14-12-8-4-5-9-13-12;;;;/h2*1-9H,10H2;3*1H;/q2*-1;;;;+3/p-3. The van der Waals surface area contributed by atoms with Crippen LogP contribution in [0.15, 0.2) is 109 Å². The number of aromatic nitrogens is 2. The molecule has 0 aliphatic rings. The molecule has 2 aromatic heterocycles. The smallest absolute Gasteiger partial charge is 0.0252 e. The first-order valence-corrected chi connectivity index (χ1v) is 15.4. The molecular formula is C24H22Cl3N4V-2. The first kappa shape index (κ1) is 26.0. The summed E-state index contributed by atoms with van der Waals surface area (Å²) in [5, 5.41) is 8.73. The number of nitrogens with zero attached hydrogens (tertiary/aromatic N) is 4. The van der Waals surface area contributed by atoms with Crippen molar-refractivity contribution in [1.29, 1.82) is 0 Å². The molecule has 0 aliphatic heterocycles. The molecule has 0 unspecified atom stereocenters. The Morgan fingerprint density at radius 3 is 1.19 bits per heavy atom. The Morgan fingerprint density at radius 1 is 0.531 bits per heavy atom. The zero-order chi connectivity index (χ0) is 22.9. The molecule has 0 N–H and O–H groups in total. The third-order valence-corrected chi connectivity index (χ3v) is 3.83. The van der Waals surface area contributed by atoms with E-state index < -0.39 is 12.3 Å². The van der Waals surface area contributed by atoms with Gasteiger partial charge in [-0.2, -0.15) is 0 Å². The van der Waals surface area contributed by atoms with E-state index in [-0.39, 0.29) is 0 Å². The van der Waals surface area contributed by atoms with Crippen LogP contribution in [0.2, 0.25) is 0 Å². The van der Waals surface area contributed by atoms with Gasteiger partial charge >= 0.3 is 41.8 Å². The summed E-state index contributed by atoms with van der Waals surface area (Å²) in [6.07, 6.45) is 3.51. The predicted molar refractivity (Wildman–Crippen MR) is 132 cm³/mol. The maximum absolute atomic E-state index is 4.95. The summed E-state index contributed by atoms with van der Waals surface area (Å²) in [6.45, 7) is 1.38. The van der Waals surface area contributed by atoms with Crippen LogP contribution in [0.25, 0.3) is 10.6 Å². The van der Waals surface area contributed by atoms with Gasteiger partial charge in [-0.25, -0.2) is 0 Å². The predicted octanol–water partition coefficient (Wildman–Crippen LogP) is 8.64. The monoisotopic (exact) mass is 522 g/mol. The number of hydrogen-bond acceptors (Lipinski definition) is 2. The second-order valence-corrected chi connectivity index (χ2v) is 13.1. The molecule has 0 bridgehead atoms. The molecule has 0 amide bonds. The van der Waals surface area contributed by atoms with Gasteiger partial charge in [0.1, 0.15) is 0 Å². The van der Waals surface area contributed by atoms with Crippen molar-refractivity contribution in [3.63, 3.8) is 0 Å². The molecule has 8 heteroatoms. The van der Waals surface area contributed by atoms with E-state index in [1.165, 1.54) is 11.1 Å². The number of rotatable bonds is 6. The normalized spacial score (nSPS) is 9.62. The van der Waals surface area contributed by atoms with E-state index >= 15 is 0 Å². The van der Waals surface area contributed by atoms with Crippen molar-refractivity contribution in [2.24, 2.45) is 0 Å². The summed E-state index contributed by atoms with van der Waals surface area (Å²) in [7, 11) is 14.9. The zero-order valence-electron chi connectivity index (χ0n) is 17.2. The molecule has 0 radical (unpaired) electrons. The molecule has 4 rings (SSSR count). The van der Waals surface area contributed by atoms with Crippen LogP contribution < -0.4 is 0 Å². The fraction of sp³-hybridized carbons (Fsp3) is 0.0833. The van der Waals surface area contributed by atoms with E-state index in [1.807, 2.05) is 72.8 Å². The van der Waals surface area contributed by atoms with Gasteiger partial charge < -0.3 is 20.6 Å². The first-order valence-electron chi connectivity index (χ1n) is 9.66. The minimum Gasteiger partial charge on any atom is -0.461 e. The van der Waals surface area contributed by atoms with Crippen LogP contribution in [0.3, 0.4) is 0 Å². The van der Waals surface area contributed by atoms with Crippen molar-refractivity contribution >= 4 is 41.2 Å². The topological polar surface area (TPSA) is 54.0 Å². The summed E-state index contributed by atoms with van der Waals surface area (Å²) in [6, 6.07) is 31.8. The molecule has 32 heavy (non-hydrogen) atoms. The Bertz CT molecular complexity index is 803. The summed E-state index contributed by atoms with van der Waals surface area (Å²) in [5.74, 6) is 1.58. The molecule has 0 saturated carbocycles. The number of hydrogen-bond donors (Lipinski definition) is 0. The molecule has 0 aliphatic carbocycles. The summed E-state index contributed by atoms with van der Waals surface area (Å²) in [4.78, 5) is 8.25. The number of pyridine rings is 2. The van der Waals surface area contributed by atoms with Crippen molar-refractivity contribution in [2.75, 3.05) is 0 Å². The Labute approximate surface area is 206 Å². The van der Waals surface area contributed by atoms with Gasteiger partial charge in [0.2, 0.25) is 0 Å². The van der Waals surface area contributed by atoms with E-state index in [9.17, 15) is 0 Å². The molecule has 4 nitrogen and oxygen atoms in total. The number of benzene rings is 2. The second-order valence-electron chi connectivity index (χ2n) is 6.17. The van der Waals surface area contributed by atoms with Crippen LogP contribution in [-0.2, 0) is 25.4 Å². The summed E-state index contributed by atoms with van der Waals surface area (Å²) >= 11 is -1.77. The fourth-order valence-electron chi connectivity index (χ4n) is 2.41. The molecule has 2 heterocycles. The molecule has 2 aromatic carbocycles. The molecule has 166 valence electrons. The van der Waals surface area contributed by atoms with Crippen molar-refractivity contribution in [1.82, 2.24) is 9.97 Å². The average molecular weight is 524 g/mol. The van der Waals surface area contributed by atoms with Crippen LogP contribution in [0.4, 0.5) is 11.6 Å². The van der Waals surface area contributed by atoms with Gasteiger partial charge in [0.25, 0.3) is 0 Å². The minimum atomic E-state index is -1.77. The fourth-order valence-corrected chi connectivity index (χ4v) is 2.41. The Kier molecular flexibility index (Phi) is 13.4. The van der Waals surface area contributed by atoms with Crippen molar-refractivity contribution in [2.45, 2.75) is 13.1 Å². The van der Waals surface area contributed by atoms with E-state index in [2.05, 4.69) is 44.9 Å². The maximum Gasteiger partial charge on any atom is -0.0252 e. The van der Waals surface area contributed by atoms with Crippen LogP contribution >= 0.6 is 29.5 Å². The van der Waals surface area contributed by atoms with Crippen LogP contribution in [-0.4, -0.2) is 9.97 Å². The van der Waals surface area contributed by atoms with Gasteiger partial charge in [0.05, 0.1) is 0 Å². The summed E-state index contributed by atoms with van der Waals surface area (Å²) < 4.78 is 0. The second kappa shape index (κ2) is 16.4. The molecule has 0 fully saturated rings. The average Bonchev–Trinajstić information content (AvgIpc) is 2.84. The molecular weight excluding hydrogens is 502 g/mol. The van der Waals surface area contributed by atoms with Gasteiger partial charge in [-0.1, -0.05) is 121 Å². The first-order chi connectivity index (χ1) is 15.6. The minimum absolute atomic E-state index is 0.692. The van der Waals surface area contributed by atoms with Crippen molar-refractivity contribution in [3.05, 3.63) is 131 Å². The van der Waals surface area contributed by atoms with Crippen LogP contribution in [0.1, 0.15) is 11.1 Å². The van der Waals surface area contributed by atoms with Gasteiger partial charge in [0.15, 0.2) is 0 Å². The number of halogens is 3. The third-order valence-electron chi connectivity index (χ3n) is 3.83. The Morgan fingerprint density at radius 2 is 0.875 bits per heavy atom. The molecule has 4 aromatic rings. The largest absolute Gasteiger partial charge is 0.461 e. The quantitative estimate of drug-likeness (QED) is 0.254. The van der Waals surface area contributed by atoms with E-state index in [4.69, 9.17) is 29.5 Å². The molecule has 0 atom stereocenters. The van der Waals surface area contributed by atoms with Gasteiger partial charge in [-0.3, -0.25) is 0 Å². The van der Waals surface area contributed by atoms with Crippen LogP contribution in [0, 0.1) is 0 Å². The Balaban J connectivity index is 0.000000195. The van der Waals surface area contributed by atoms with Gasteiger partial charge in [0, 0.05) is 0 Å². The molecule has 0 spiro atoms. The maximum atomic E-state index is 4.95. The molecule has 0 saturated heterocycles. The van der Waals surface area contributed by atoms with E-state index in [1.54, 1.807) is 12.4 Å². The van der Waals surface area contributed by atoms with Crippen molar-refractivity contribution < 1.29 is 12.3 Å². The van der Waals surface area contributed by atoms with Crippen molar-refractivity contribution in [3.8, 4) is 0 Å². The third kappa shape index (κ3) is 12.6. The van der Waals surface area contributed by atoms with Gasteiger partial charge in [-0.05, 0) is 24.2 Å². The van der Waals surface area contributed by atoms with E-state index in [0.29, 0.717) is 13.1 Å². The summed E-state index contributed by atoms with van der Waals surface area (Å²) in [5.41, 5.74) is 2.41. The Hall–Kier alpha value is -2.21. The zero-order valence-corrected chi connectivity index (χ0v) is 20.8. The SMILES string of the molecule is [Cl][V]([Cl])[Cl].c1ccc(C[N-]c2ccccn2)cc1.c1ccc(C[N-]c2ccccn2)cc1. The van der Waals surface area contributed by atoms with Gasteiger partial charge in [-0.15, -0.1) is 0 Å².